The van der Waals surface area contributed by atoms with Gasteiger partial charge in [-0.25, -0.2) is 8.78 Å². The number of aliphatic hydroxyl groups is 1. The van der Waals surface area contributed by atoms with E-state index in [4.69, 9.17) is 4.74 Å². The summed E-state index contributed by atoms with van der Waals surface area (Å²) < 4.78 is 32.7. The van der Waals surface area contributed by atoms with Crippen molar-refractivity contribution >= 4 is 0 Å². The van der Waals surface area contributed by atoms with Crippen molar-refractivity contribution in [3.8, 4) is 5.75 Å². The number of ether oxygens (including phenoxy) is 1. The van der Waals surface area contributed by atoms with E-state index in [-0.39, 0.29) is 12.3 Å². The average Bonchev–Trinajstić information content (AvgIpc) is 2.56. The molecule has 0 radical (unpaired) electrons. The Morgan fingerprint density at radius 1 is 1.13 bits per heavy atom. The van der Waals surface area contributed by atoms with Crippen LogP contribution in [0.25, 0.3) is 0 Å². The van der Waals surface area contributed by atoms with Crippen LogP contribution in [-0.2, 0) is 5.60 Å². The lowest BCUT2D eigenvalue weighted by Gasteiger charge is -2.44. The van der Waals surface area contributed by atoms with Crippen LogP contribution in [0.3, 0.4) is 0 Å². The van der Waals surface area contributed by atoms with Gasteiger partial charge in [0.2, 0.25) is 6.43 Å². The van der Waals surface area contributed by atoms with Crippen LogP contribution in [0.2, 0.25) is 0 Å². The third-order valence-corrected chi connectivity index (χ3v) is 5.16. The molecule has 2 nitrogen and oxygen atoms in total. The molecule has 1 N–H and O–H groups in total. The number of rotatable bonds is 7. The summed E-state index contributed by atoms with van der Waals surface area (Å²) in [5.41, 5.74) is -0.867. The fourth-order valence-corrected chi connectivity index (χ4v) is 3.96. The molecule has 2 atom stereocenters. The second kappa shape index (κ2) is 8.09. The molecular weight excluding hydrogens is 298 g/mol. The average molecular weight is 326 g/mol. The van der Waals surface area contributed by atoms with E-state index < -0.39 is 17.9 Å². The van der Waals surface area contributed by atoms with E-state index in [1.54, 1.807) is 31.2 Å². The maximum atomic E-state index is 13.7. The van der Waals surface area contributed by atoms with Crippen LogP contribution in [0.4, 0.5) is 8.78 Å². The lowest BCUT2D eigenvalue weighted by atomic mass is 9.66. The van der Waals surface area contributed by atoms with Gasteiger partial charge in [-0.15, -0.1) is 0 Å². The van der Waals surface area contributed by atoms with Crippen LogP contribution in [0, 0.1) is 11.8 Å². The van der Waals surface area contributed by atoms with Crippen LogP contribution < -0.4 is 4.74 Å². The third kappa shape index (κ3) is 3.85. The Hall–Kier alpha value is -1.16. The first-order chi connectivity index (χ1) is 11.0. The van der Waals surface area contributed by atoms with Crippen molar-refractivity contribution in [3.63, 3.8) is 0 Å². The Bertz CT molecular complexity index is 469. The Balaban J connectivity index is 2.38. The molecule has 2 rings (SSSR count). The van der Waals surface area contributed by atoms with Gasteiger partial charge in [0.05, 0.1) is 12.5 Å². The summed E-state index contributed by atoms with van der Waals surface area (Å²) in [4.78, 5) is 0. The fourth-order valence-electron chi connectivity index (χ4n) is 3.96. The van der Waals surface area contributed by atoms with E-state index in [2.05, 4.69) is 0 Å². The molecule has 1 aromatic rings. The van der Waals surface area contributed by atoms with Gasteiger partial charge in [-0.2, -0.15) is 0 Å². The number of hydrogen-bond acceptors (Lipinski definition) is 2. The van der Waals surface area contributed by atoms with Crippen molar-refractivity contribution in [1.29, 1.82) is 0 Å². The molecule has 4 heteroatoms. The number of hydrogen-bond donors (Lipinski definition) is 1. The molecule has 1 aliphatic rings. The van der Waals surface area contributed by atoms with Gasteiger partial charge >= 0.3 is 0 Å². The first-order valence-electron chi connectivity index (χ1n) is 8.77. The lowest BCUT2D eigenvalue weighted by molar-refractivity contribution is -0.136. The molecule has 1 aliphatic carbocycles. The second-order valence-corrected chi connectivity index (χ2v) is 6.47. The molecule has 130 valence electrons. The van der Waals surface area contributed by atoms with E-state index >= 15 is 0 Å². The minimum atomic E-state index is -2.53. The zero-order valence-corrected chi connectivity index (χ0v) is 14.1. The monoisotopic (exact) mass is 326 g/mol. The molecule has 23 heavy (non-hydrogen) atoms. The zero-order valence-electron chi connectivity index (χ0n) is 14.1. The molecule has 2 unspecified atom stereocenters. The van der Waals surface area contributed by atoms with E-state index in [0.29, 0.717) is 17.9 Å². The third-order valence-electron chi connectivity index (χ3n) is 5.16. The van der Waals surface area contributed by atoms with Crippen molar-refractivity contribution in [2.75, 3.05) is 6.61 Å². The van der Waals surface area contributed by atoms with Crippen molar-refractivity contribution in [2.45, 2.75) is 64.4 Å². The molecule has 0 spiro atoms. The van der Waals surface area contributed by atoms with Crippen LogP contribution in [0.5, 0.6) is 5.75 Å². The zero-order chi connectivity index (χ0) is 16.9. The standard InChI is InChI=1S/C19H28F2O2/c1-3-17(18(20)21)19(22,14-8-6-5-7-9-14)15-10-12-16(13-11-15)23-4-2/h10-14,17-18,22H,3-9H2,1-2H3. The predicted octanol–water partition coefficient (Wildman–Crippen LogP) is 5.14. The summed E-state index contributed by atoms with van der Waals surface area (Å²) in [5, 5.41) is 11.4. The van der Waals surface area contributed by atoms with Gasteiger partial charge in [0, 0.05) is 0 Å². The van der Waals surface area contributed by atoms with Gasteiger partial charge in [-0.05, 0) is 49.8 Å². The van der Waals surface area contributed by atoms with Gasteiger partial charge in [0.15, 0.2) is 0 Å². The molecular formula is C19H28F2O2. The molecule has 0 heterocycles. The highest BCUT2D eigenvalue weighted by Gasteiger charge is 2.48. The molecule has 0 saturated heterocycles. The number of halogens is 2. The highest BCUT2D eigenvalue weighted by Crippen LogP contribution is 2.47. The first-order valence-corrected chi connectivity index (χ1v) is 8.77. The second-order valence-electron chi connectivity index (χ2n) is 6.47. The lowest BCUT2D eigenvalue weighted by Crippen LogP contribution is -2.46. The summed E-state index contributed by atoms with van der Waals surface area (Å²) in [7, 11) is 0. The van der Waals surface area contributed by atoms with Crippen LogP contribution in [0.1, 0.15) is 57.9 Å². The van der Waals surface area contributed by atoms with Gasteiger partial charge < -0.3 is 9.84 Å². The van der Waals surface area contributed by atoms with Crippen LogP contribution in [-0.4, -0.2) is 18.1 Å². The molecule has 0 amide bonds. The normalized spacial score (nSPS) is 20.3. The molecule has 0 aromatic heterocycles. The molecule has 0 bridgehead atoms. The van der Waals surface area contributed by atoms with Gasteiger partial charge in [0.25, 0.3) is 0 Å². The topological polar surface area (TPSA) is 29.5 Å². The van der Waals surface area contributed by atoms with Crippen LogP contribution in [0.15, 0.2) is 24.3 Å². The highest BCUT2D eigenvalue weighted by atomic mass is 19.3. The molecule has 1 aromatic carbocycles. The minimum absolute atomic E-state index is 0.104. The Kier molecular flexibility index (Phi) is 6.40. The molecule has 1 saturated carbocycles. The smallest absolute Gasteiger partial charge is 0.244 e. The van der Waals surface area contributed by atoms with E-state index in [9.17, 15) is 13.9 Å². The SMILES string of the molecule is CCOc1ccc(C(O)(C2CCCCC2)C(CC)C(F)F)cc1. The Morgan fingerprint density at radius 2 is 1.74 bits per heavy atom. The van der Waals surface area contributed by atoms with E-state index in [1.165, 1.54) is 0 Å². The maximum Gasteiger partial charge on any atom is 0.244 e. The number of alkyl halides is 2. The largest absolute Gasteiger partial charge is 0.494 e. The summed E-state index contributed by atoms with van der Waals surface area (Å²) in [6.45, 7) is 4.19. The first kappa shape index (κ1) is 18.2. The van der Waals surface area contributed by atoms with E-state index in [1.807, 2.05) is 6.92 Å². The van der Waals surface area contributed by atoms with Crippen molar-refractivity contribution in [3.05, 3.63) is 29.8 Å². The highest BCUT2D eigenvalue weighted by molar-refractivity contribution is 5.32. The Morgan fingerprint density at radius 3 is 2.22 bits per heavy atom. The van der Waals surface area contributed by atoms with Crippen molar-refractivity contribution in [2.24, 2.45) is 11.8 Å². The molecule has 1 fully saturated rings. The summed E-state index contributed by atoms with van der Waals surface area (Å²) in [5.74, 6) is -0.441. The summed E-state index contributed by atoms with van der Waals surface area (Å²) in [6.07, 6.45) is 2.49. The maximum absolute atomic E-state index is 13.7. The fraction of sp³-hybridized carbons (Fsp3) is 0.684. The quantitative estimate of drug-likeness (QED) is 0.751. The summed E-state index contributed by atoms with van der Waals surface area (Å²) >= 11 is 0. The minimum Gasteiger partial charge on any atom is -0.494 e. The van der Waals surface area contributed by atoms with E-state index in [0.717, 1.165) is 32.1 Å². The predicted molar refractivity (Wildman–Crippen MR) is 87.9 cm³/mol. The Labute approximate surface area is 137 Å². The summed E-state index contributed by atoms with van der Waals surface area (Å²) in [6, 6.07) is 7.05. The van der Waals surface area contributed by atoms with Crippen LogP contribution >= 0.6 is 0 Å². The van der Waals surface area contributed by atoms with Crippen molar-refractivity contribution in [1.82, 2.24) is 0 Å². The van der Waals surface area contributed by atoms with Crippen molar-refractivity contribution < 1.29 is 18.6 Å². The molecule has 0 aliphatic heterocycles. The van der Waals surface area contributed by atoms with Gasteiger partial charge in [0.1, 0.15) is 11.4 Å². The van der Waals surface area contributed by atoms with Gasteiger partial charge in [-0.1, -0.05) is 38.3 Å². The number of benzene rings is 1. The van der Waals surface area contributed by atoms with Gasteiger partial charge in [-0.3, -0.25) is 0 Å².